The summed E-state index contributed by atoms with van der Waals surface area (Å²) in [4.78, 5) is 18.9. The first-order valence-electron chi connectivity index (χ1n) is 12.7. The summed E-state index contributed by atoms with van der Waals surface area (Å²) >= 11 is 0. The van der Waals surface area contributed by atoms with E-state index in [2.05, 4.69) is 52.3 Å². The second-order valence-corrected chi connectivity index (χ2v) is 12.4. The van der Waals surface area contributed by atoms with E-state index in [1.54, 1.807) is 0 Å². The van der Waals surface area contributed by atoms with Crippen LogP contribution in [0.4, 0.5) is 0 Å². The van der Waals surface area contributed by atoms with Crippen molar-refractivity contribution in [1.82, 2.24) is 20.9 Å². The lowest BCUT2D eigenvalue weighted by Gasteiger charge is -2.35. The highest BCUT2D eigenvalue weighted by atomic mass is 32.2. The van der Waals surface area contributed by atoms with Crippen LogP contribution in [-0.4, -0.2) is 87.5 Å². The molecule has 1 atom stereocenters. The maximum Gasteiger partial charge on any atom is 0.244 e. The smallest absolute Gasteiger partial charge is 0.244 e. The fourth-order valence-corrected chi connectivity index (χ4v) is 5.33. The van der Waals surface area contributed by atoms with Gasteiger partial charge in [0.25, 0.3) is 0 Å². The highest BCUT2D eigenvalue weighted by molar-refractivity contribution is 7.90. The zero-order valence-electron chi connectivity index (χ0n) is 22.0. The number of benzene rings is 1. The Balaban J connectivity index is 1.82. The average Bonchev–Trinajstić information content (AvgIpc) is 3.20. The molecular weight excluding hydrogens is 478 g/mol. The lowest BCUT2D eigenvalue weighted by atomic mass is 10.1. The van der Waals surface area contributed by atoms with E-state index < -0.39 is 9.84 Å². The van der Waals surface area contributed by atoms with Gasteiger partial charge in [0, 0.05) is 44.3 Å². The van der Waals surface area contributed by atoms with Crippen LogP contribution in [0.15, 0.2) is 40.8 Å². The summed E-state index contributed by atoms with van der Waals surface area (Å²) in [5.74, 6) is 0.789. The highest BCUT2D eigenvalue weighted by Crippen LogP contribution is 2.22. The molecule has 1 aromatic rings. The number of likely N-dealkylation sites (tertiary alicyclic amines) is 1. The molecule has 0 bridgehead atoms. The number of aliphatic imine (C=N–C) groups is 1. The summed E-state index contributed by atoms with van der Waals surface area (Å²) in [6, 6.07) is 8.56. The first-order chi connectivity index (χ1) is 17.0. The topological polar surface area (TPSA) is 129 Å². The van der Waals surface area contributed by atoms with E-state index in [1.165, 1.54) is 37.8 Å². The van der Waals surface area contributed by atoms with E-state index in [-0.39, 0.29) is 30.2 Å². The average molecular weight is 521 g/mol. The monoisotopic (exact) mass is 520 g/mol. The van der Waals surface area contributed by atoms with Gasteiger partial charge in [0.15, 0.2) is 0 Å². The molecule has 2 aliphatic heterocycles. The summed E-state index contributed by atoms with van der Waals surface area (Å²) in [7, 11) is -0.752. The SMILES string of the molecule is CCN=C(N)C1=C(NC(C)NCCS(C)(=O)=O)N(Cc2cccc(C[N+]3(C)CCCC3)c2)CC(=O)N1. The van der Waals surface area contributed by atoms with Crippen LogP contribution in [0.5, 0.6) is 0 Å². The van der Waals surface area contributed by atoms with Crippen LogP contribution in [-0.2, 0) is 27.7 Å². The maximum absolute atomic E-state index is 12.6. The van der Waals surface area contributed by atoms with Crippen molar-refractivity contribution in [3.05, 3.63) is 46.9 Å². The Kier molecular flexibility index (Phi) is 9.37. The van der Waals surface area contributed by atoms with E-state index >= 15 is 0 Å². The van der Waals surface area contributed by atoms with Crippen molar-refractivity contribution in [2.45, 2.75) is 45.9 Å². The Labute approximate surface area is 215 Å². The Hall–Kier alpha value is -2.63. The second kappa shape index (κ2) is 12.1. The summed E-state index contributed by atoms with van der Waals surface area (Å²) in [6.07, 6.45) is 3.50. The van der Waals surface area contributed by atoms with E-state index in [4.69, 9.17) is 5.73 Å². The van der Waals surface area contributed by atoms with Gasteiger partial charge in [-0.3, -0.25) is 15.1 Å². The minimum absolute atomic E-state index is 0.0367. The third-order valence-corrected chi connectivity index (χ3v) is 7.53. The number of nitrogens with one attached hydrogen (secondary N) is 3. The van der Waals surface area contributed by atoms with Crippen molar-refractivity contribution in [3.63, 3.8) is 0 Å². The van der Waals surface area contributed by atoms with Gasteiger partial charge in [-0.1, -0.05) is 18.2 Å². The third kappa shape index (κ3) is 8.21. The number of amides is 1. The summed E-state index contributed by atoms with van der Waals surface area (Å²) in [6.45, 7) is 8.67. The van der Waals surface area contributed by atoms with Crippen LogP contribution in [0, 0.1) is 0 Å². The minimum atomic E-state index is -3.07. The third-order valence-electron chi connectivity index (χ3n) is 6.59. The molecule has 1 saturated heterocycles. The van der Waals surface area contributed by atoms with Crippen molar-refractivity contribution < 1.29 is 17.7 Å². The Morgan fingerprint density at radius 1 is 1.28 bits per heavy atom. The molecule has 3 rings (SSSR count). The number of sulfone groups is 1. The summed E-state index contributed by atoms with van der Waals surface area (Å²) < 4.78 is 24.1. The first-order valence-corrected chi connectivity index (χ1v) is 14.7. The highest BCUT2D eigenvalue weighted by Gasteiger charge is 2.29. The van der Waals surface area contributed by atoms with E-state index in [0.717, 1.165) is 16.6 Å². The fraction of sp³-hybridized carbons (Fsp3) is 0.600. The molecule has 10 nitrogen and oxygen atoms in total. The van der Waals surface area contributed by atoms with E-state index in [9.17, 15) is 13.2 Å². The number of carbonyl (C=O) groups is 1. The van der Waals surface area contributed by atoms with Gasteiger partial charge in [-0.2, -0.15) is 0 Å². The van der Waals surface area contributed by atoms with E-state index in [0.29, 0.717) is 31.2 Å². The molecule has 2 aliphatic rings. The van der Waals surface area contributed by atoms with Crippen LogP contribution in [0.25, 0.3) is 0 Å². The fourth-order valence-electron chi connectivity index (χ4n) is 4.84. The van der Waals surface area contributed by atoms with Crippen molar-refractivity contribution >= 4 is 21.6 Å². The number of hydrogen-bond donors (Lipinski definition) is 4. The predicted octanol–water partition coefficient (Wildman–Crippen LogP) is 0.475. The van der Waals surface area contributed by atoms with Crippen molar-refractivity contribution in [2.75, 3.05) is 51.8 Å². The molecule has 1 amide bonds. The van der Waals surface area contributed by atoms with Crippen LogP contribution in [0.2, 0.25) is 0 Å². The standard InChI is InChI=1S/C25H41N7O3S/c1-5-27-24(26)23-25(29-19(2)28-11-14-36(4,34)35)31(17-22(33)30-23)16-20-9-8-10-21(15-20)18-32(3)12-6-7-13-32/h8-10,15,19,28H,5-7,11-14,16-18H2,1-4H3,(H3-,26,27,29,30,33)/p+1. The molecule has 5 N–H and O–H groups in total. The van der Waals surface area contributed by atoms with Crippen LogP contribution < -0.4 is 21.7 Å². The van der Waals surface area contributed by atoms with Gasteiger partial charge < -0.3 is 25.8 Å². The molecule has 36 heavy (non-hydrogen) atoms. The molecule has 200 valence electrons. The van der Waals surface area contributed by atoms with Crippen LogP contribution in [0.1, 0.15) is 37.8 Å². The number of carbonyl (C=O) groups excluding carboxylic acids is 1. The maximum atomic E-state index is 12.6. The molecule has 0 aromatic heterocycles. The Bertz CT molecular complexity index is 1090. The number of nitrogens with zero attached hydrogens (tertiary/aromatic N) is 3. The van der Waals surface area contributed by atoms with Crippen LogP contribution in [0.3, 0.4) is 0 Å². The number of hydrogen-bond acceptors (Lipinski definition) is 7. The van der Waals surface area contributed by atoms with Gasteiger partial charge >= 0.3 is 0 Å². The van der Waals surface area contributed by atoms with Gasteiger partial charge in [0.05, 0.1) is 38.6 Å². The molecule has 0 saturated carbocycles. The number of amidine groups is 1. The molecular formula is C25H42N7O3S+. The number of nitrogens with two attached hydrogens (primary N) is 1. The Morgan fingerprint density at radius 3 is 2.64 bits per heavy atom. The second-order valence-electron chi connectivity index (χ2n) is 10.2. The van der Waals surface area contributed by atoms with Crippen molar-refractivity contribution in [3.8, 4) is 0 Å². The summed E-state index contributed by atoms with van der Waals surface area (Å²) in [5, 5.41) is 9.44. The zero-order chi connectivity index (χ0) is 26.3. The number of quaternary nitrogens is 1. The Morgan fingerprint density at radius 2 is 1.97 bits per heavy atom. The molecule has 1 fully saturated rings. The quantitative estimate of drug-likeness (QED) is 0.137. The summed E-state index contributed by atoms with van der Waals surface area (Å²) in [5.41, 5.74) is 9.08. The molecule has 11 heteroatoms. The van der Waals surface area contributed by atoms with Crippen molar-refractivity contribution in [1.29, 1.82) is 0 Å². The molecule has 2 heterocycles. The molecule has 0 spiro atoms. The zero-order valence-corrected chi connectivity index (χ0v) is 22.8. The number of rotatable bonds is 12. The molecule has 1 unspecified atom stereocenters. The lowest BCUT2D eigenvalue weighted by molar-refractivity contribution is -0.910. The largest absolute Gasteiger partial charge is 0.382 e. The van der Waals surface area contributed by atoms with Crippen molar-refractivity contribution in [2.24, 2.45) is 10.7 Å². The molecule has 0 radical (unpaired) electrons. The molecule has 1 aromatic carbocycles. The van der Waals surface area contributed by atoms with Gasteiger partial charge in [-0.15, -0.1) is 0 Å². The van der Waals surface area contributed by atoms with Gasteiger partial charge in [-0.05, 0) is 25.5 Å². The lowest BCUT2D eigenvalue weighted by Crippen LogP contribution is -2.53. The predicted molar refractivity (Wildman–Crippen MR) is 143 cm³/mol. The first kappa shape index (κ1) is 27.9. The minimum Gasteiger partial charge on any atom is -0.382 e. The molecule has 0 aliphatic carbocycles. The van der Waals surface area contributed by atoms with Gasteiger partial charge in [0.2, 0.25) is 5.91 Å². The van der Waals surface area contributed by atoms with Gasteiger partial charge in [-0.25, -0.2) is 8.42 Å². The normalized spacial score (nSPS) is 19.4. The van der Waals surface area contributed by atoms with Gasteiger partial charge in [0.1, 0.15) is 33.7 Å². The van der Waals surface area contributed by atoms with Crippen LogP contribution >= 0.6 is 0 Å². The van der Waals surface area contributed by atoms with E-state index in [1.807, 2.05) is 18.7 Å².